The van der Waals surface area contributed by atoms with Crippen molar-refractivity contribution in [1.82, 2.24) is 20.5 Å². The molecular formula is C12H16N4OS. The lowest BCUT2D eigenvalue weighted by Crippen LogP contribution is -2.26. The van der Waals surface area contributed by atoms with E-state index in [-0.39, 0.29) is 11.7 Å². The Morgan fingerprint density at radius 1 is 1.50 bits per heavy atom. The smallest absolute Gasteiger partial charge is 0.290 e. The molecule has 0 atom stereocenters. The van der Waals surface area contributed by atoms with Gasteiger partial charge in [-0.25, -0.2) is 4.98 Å². The minimum atomic E-state index is -0.219. The normalized spacial score (nSPS) is 10.5. The number of hydrogen-bond donors (Lipinski definition) is 2. The fourth-order valence-corrected chi connectivity index (χ4v) is 2.28. The molecule has 2 heterocycles. The van der Waals surface area contributed by atoms with Crippen LogP contribution in [-0.4, -0.2) is 27.6 Å². The maximum atomic E-state index is 11.7. The summed E-state index contributed by atoms with van der Waals surface area (Å²) >= 11 is 1.66. The number of thiophene rings is 1. The SMILES string of the molecule is CCCc1nc(C(=O)NCCc2ccsc2)n[nH]1. The van der Waals surface area contributed by atoms with Gasteiger partial charge in [0.05, 0.1) is 0 Å². The fourth-order valence-electron chi connectivity index (χ4n) is 1.58. The topological polar surface area (TPSA) is 70.7 Å². The molecule has 0 aliphatic carbocycles. The van der Waals surface area contributed by atoms with Gasteiger partial charge in [0.25, 0.3) is 5.91 Å². The molecule has 0 unspecified atom stereocenters. The summed E-state index contributed by atoms with van der Waals surface area (Å²) in [7, 11) is 0. The van der Waals surface area contributed by atoms with Crippen LogP contribution in [0.5, 0.6) is 0 Å². The molecule has 0 saturated carbocycles. The van der Waals surface area contributed by atoms with Gasteiger partial charge in [0, 0.05) is 13.0 Å². The zero-order chi connectivity index (χ0) is 12.8. The predicted molar refractivity (Wildman–Crippen MR) is 70.7 cm³/mol. The quantitative estimate of drug-likeness (QED) is 0.835. The summed E-state index contributed by atoms with van der Waals surface area (Å²) < 4.78 is 0. The van der Waals surface area contributed by atoms with Crippen molar-refractivity contribution in [3.8, 4) is 0 Å². The van der Waals surface area contributed by atoms with Crippen molar-refractivity contribution in [2.45, 2.75) is 26.2 Å². The monoisotopic (exact) mass is 264 g/mol. The number of rotatable bonds is 6. The highest BCUT2D eigenvalue weighted by atomic mass is 32.1. The Labute approximate surface area is 110 Å². The first-order chi connectivity index (χ1) is 8.79. The molecule has 2 N–H and O–H groups in total. The standard InChI is InChI=1S/C12H16N4OS/c1-2-3-10-14-11(16-15-10)12(17)13-6-4-9-5-7-18-8-9/h5,7-8H,2-4,6H2,1H3,(H,13,17)(H,14,15,16). The van der Waals surface area contributed by atoms with Crippen LogP contribution in [0.15, 0.2) is 16.8 Å². The molecule has 0 fully saturated rings. The van der Waals surface area contributed by atoms with E-state index >= 15 is 0 Å². The number of H-pyrrole nitrogens is 1. The Kier molecular flexibility index (Phi) is 4.46. The molecule has 2 aromatic rings. The van der Waals surface area contributed by atoms with E-state index in [0.29, 0.717) is 6.54 Å². The average molecular weight is 264 g/mol. The molecule has 0 bridgehead atoms. The van der Waals surface area contributed by atoms with Crippen LogP contribution in [0.25, 0.3) is 0 Å². The molecular weight excluding hydrogens is 248 g/mol. The van der Waals surface area contributed by atoms with Crippen LogP contribution < -0.4 is 5.32 Å². The molecule has 0 spiro atoms. The minimum Gasteiger partial charge on any atom is -0.349 e. The van der Waals surface area contributed by atoms with Gasteiger partial charge < -0.3 is 5.32 Å². The van der Waals surface area contributed by atoms with Crippen molar-refractivity contribution in [2.75, 3.05) is 6.54 Å². The van der Waals surface area contributed by atoms with E-state index in [4.69, 9.17) is 0 Å². The number of carbonyl (C=O) groups is 1. The predicted octanol–water partition coefficient (Wildman–Crippen LogP) is 1.79. The molecule has 0 aromatic carbocycles. The molecule has 6 heteroatoms. The van der Waals surface area contributed by atoms with Crippen molar-refractivity contribution in [3.63, 3.8) is 0 Å². The Balaban J connectivity index is 1.80. The van der Waals surface area contributed by atoms with Crippen molar-refractivity contribution in [3.05, 3.63) is 34.0 Å². The molecule has 0 aliphatic rings. The summed E-state index contributed by atoms with van der Waals surface area (Å²) in [6, 6.07) is 2.06. The number of nitrogens with zero attached hydrogens (tertiary/aromatic N) is 2. The zero-order valence-electron chi connectivity index (χ0n) is 10.3. The zero-order valence-corrected chi connectivity index (χ0v) is 11.1. The lowest BCUT2D eigenvalue weighted by Gasteiger charge is -2.00. The van der Waals surface area contributed by atoms with E-state index in [1.165, 1.54) is 5.56 Å². The minimum absolute atomic E-state index is 0.219. The van der Waals surface area contributed by atoms with Crippen LogP contribution in [0.4, 0.5) is 0 Å². The van der Waals surface area contributed by atoms with Gasteiger partial charge in [0.15, 0.2) is 0 Å². The first-order valence-electron chi connectivity index (χ1n) is 6.00. The summed E-state index contributed by atoms with van der Waals surface area (Å²) in [5, 5.41) is 13.6. The first kappa shape index (κ1) is 12.8. The van der Waals surface area contributed by atoms with Crippen molar-refractivity contribution in [2.24, 2.45) is 0 Å². The van der Waals surface area contributed by atoms with Gasteiger partial charge in [-0.05, 0) is 35.2 Å². The number of nitrogens with one attached hydrogen (secondary N) is 2. The molecule has 0 aliphatic heterocycles. The van der Waals surface area contributed by atoms with Gasteiger partial charge in [0.2, 0.25) is 5.82 Å². The number of aryl methyl sites for hydroxylation is 1. The van der Waals surface area contributed by atoms with E-state index in [1.807, 2.05) is 5.38 Å². The molecule has 1 amide bonds. The van der Waals surface area contributed by atoms with Gasteiger partial charge >= 0.3 is 0 Å². The number of carbonyl (C=O) groups excluding carboxylic acids is 1. The maximum Gasteiger partial charge on any atom is 0.290 e. The largest absolute Gasteiger partial charge is 0.349 e. The summed E-state index contributed by atoms with van der Waals surface area (Å²) in [4.78, 5) is 15.9. The van der Waals surface area contributed by atoms with E-state index < -0.39 is 0 Å². The Morgan fingerprint density at radius 3 is 3.11 bits per heavy atom. The second-order valence-electron chi connectivity index (χ2n) is 3.99. The van der Waals surface area contributed by atoms with E-state index in [1.54, 1.807) is 11.3 Å². The second kappa shape index (κ2) is 6.30. The molecule has 96 valence electrons. The average Bonchev–Trinajstić information content (AvgIpc) is 3.00. The number of amides is 1. The molecule has 2 rings (SSSR count). The molecule has 0 saturated heterocycles. The Morgan fingerprint density at radius 2 is 2.39 bits per heavy atom. The highest BCUT2D eigenvalue weighted by Crippen LogP contribution is 2.05. The Hall–Kier alpha value is -1.69. The third-order valence-corrected chi connectivity index (χ3v) is 3.23. The van der Waals surface area contributed by atoms with Gasteiger partial charge in [-0.2, -0.15) is 11.3 Å². The summed E-state index contributed by atoms with van der Waals surface area (Å²) in [6.07, 6.45) is 2.63. The number of hydrogen-bond acceptors (Lipinski definition) is 4. The van der Waals surface area contributed by atoms with E-state index in [2.05, 4.69) is 38.9 Å². The highest BCUT2D eigenvalue weighted by molar-refractivity contribution is 7.07. The molecule has 5 nitrogen and oxygen atoms in total. The molecule has 0 radical (unpaired) electrons. The van der Waals surface area contributed by atoms with Crippen LogP contribution in [0.2, 0.25) is 0 Å². The molecule has 18 heavy (non-hydrogen) atoms. The summed E-state index contributed by atoms with van der Waals surface area (Å²) in [5.74, 6) is 0.771. The third kappa shape index (κ3) is 3.40. The van der Waals surface area contributed by atoms with Gasteiger partial charge in [-0.15, -0.1) is 5.10 Å². The third-order valence-electron chi connectivity index (χ3n) is 2.50. The second-order valence-corrected chi connectivity index (χ2v) is 4.77. The first-order valence-corrected chi connectivity index (χ1v) is 6.94. The van der Waals surface area contributed by atoms with Crippen molar-refractivity contribution < 1.29 is 4.79 Å². The Bertz CT molecular complexity index is 492. The number of aromatic amines is 1. The van der Waals surface area contributed by atoms with E-state index in [9.17, 15) is 4.79 Å². The van der Waals surface area contributed by atoms with Gasteiger partial charge in [0.1, 0.15) is 5.82 Å². The summed E-state index contributed by atoms with van der Waals surface area (Å²) in [5.41, 5.74) is 1.24. The van der Waals surface area contributed by atoms with Crippen LogP contribution >= 0.6 is 11.3 Å². The fraction of sp³-hybridized carbons (Fsp3) is 0.417. The highest BCUT2D eigenvalue weighted by Gasteiger charge is 2.11. The number of aromatic nitrogens is 3. The van der Waals surface area contributed by atoms with E-state index in [0.717, 1.165) is 25.1 Å². The molecule has 2 aromatic heterocycles. The van der Waals surface area contributed by atoms with Crippen molar-refractivity contribution in [1.29, 1.82) is 0 Å². The van der Waals surface area contributed by atoms with Crippen LogP contribution in [-0.2, 0) is 12.8 Å². The van der Waals surface area contributed by atoms with Gasteiger partial charge in [-0.1, -0.05) is 6.92 Å². The van der Waals surface area contributed by atoms with Crippen LogP contribution in [0.1, 0.15) is 35.4 Å². The lowest BCUT2D eigenvalue weighted by molar-refractivity contribution is 0.0944. The van der Waals surface area contributed by atoms with Gasteiger partial charge in [-0.3, -0.25) is 9.89 Å². The van der Waals surface area contributed by atoms with Crippen LogP contribution in [0, 0.1) is 0 Å². The lowest BCUT2D eigenvalue weighted by atomic mass is 10.2. The summed E-state index contributed by atoms with van der Waals surface area (Å²) in [6.45, 7) is 2.66. The maximum absolute atomic E-state index is 11.7. The van der Waals surface area contributed by atoms with Crippen molar-refractivity contribution >= 4 is 17.2 Å². The van der Waals surface area contributed by atoms with Crippen LogP contribution in [0.3, 0.4) is 0 Å².